The second kappa shape index (κ2) is 6.02. The molecule has 19 heavy (non-hydrogen) atoms. The summed E-state index contributed by atoms with van der Waals surface area (Å²) in [5.41, 5.74) is 0.319. The van der Waals surface area contributed by atoms with Crippen LogP contribution in [0.5, 0.6) is 0 Å². The van der Waals surface area contributed by atoms with Gasteiger partial charge in [0.05, 0.1) is 12.7 Å². The van der Waals surface area contributed by atoms with Crippen LogP contribution in [0.15, 0.2) is 18.3 Å². The van der Waals surface area contributed by atoms with E-state index in [0.29, 0.717) is 18.5 Å². The van der Waals surface area contributed by atoms with Crippen molar-refractivity contribution in [2.75, 3.05) is 13.7 Å². The van der Waals surface area contributed by atoms with E-state index in [-0.39, 0.29) is 17.0 Å². The number of hydrogen-bond donors (Lipinski definition) is 0. The van der Waals surface area contributed by atoms with Gasteiger partial charge < -0.3 is 9.64 Å². The van der Waals surface area contributed by atoms with Gasteiger partial charge in [0.1, 0.15) is 11.2 Å². The number of likely N-dealkylation sites (tertiary alicyclic amines) is 1. The van der Waals surface area contributed by atoms with Gasteiger partial charge in [0, 0.05) is 12.7 Å². The van der Waals surface area contributed by atoms with E-state index >= 15 is 0 Å². The van der Waals surface area contributed by atoms with Crippen molar-refractivity contribution in [1.82, 2.24) is 9.88 Å². The molecule has 0 spiro atoms. The quantitative estimate of drug-likeness (QED) is 0.614. The lowest BCUT2D eigenvalue weighted by atomic mass is 10.0. The molecule has 102 valence electrons. The fourth-order valence-electron chi connectivity index (χ4n) is 2.26. The number of methoxy groups -OCH3 is 1. The molecule has 2 rings (SSSR count). The third kappa shape index (κ3) is 2.87. The lowest BCUT2D eigenvalue weighted by molar-refractivity contribution is -0.147. The molecule has 6 heteroatoms. The zero-order chi connectivity index (χ0) is 13.8. The van der Waals surface area contributed by atoms with Crippen LogP contribution < -0.4 is 0 Å². The van der Waals surface area contributed by atoms with Crippen LogP contribution >= 0.6 is 11.6 Å². The van der Waals surface area contributed by atoms with Gasteiger partial charge in [0.2, 0.25) is 0 Å². The van der Waals surface area contributed by atoms with E-state index in [9.17, 15) is 9.59 Å². The van der Waals surface area contributed by atoms with Crippen molar-refractivity contribution in [3.05, 3.63) is 29.0 Å². The minimum atomic E-state index is -0.525. The number of esters is 1. The second-order valence-electron chi connectivity index (χ2n) is 4.38. The normalized spacial score (nSPS) is 19.1. The van der Waals surface area contributed by atoms with Crippen LogP contribution in [-0.4, -0.2) is 41.5 Å². The minimum Gasteiger partial charge on any atom is -0.467 e. The van der Waals surface area contributed by atoms with E-state index in [2.05, 4.69) is 4.98 Å². The number of carbonyl (C=O) groups excluding carboxylic acids is 2. The first kappa shape index (κ1) is 13.8. The molecule has 0 aliphatic carbocycles. The Morgan fingerprint density at radius 2 is 2.26 bits per heavy atom. The first-order valence-electron chi connectivity index (χ1n) is 6.14. The molecule has 1 aromatic rings. The highest BCUT2D eigenvalue weighted by Gasteiger charge is 2.34. The topological polar surface area (TPSA) is 59.5 Å². The average Bonchev–Trinajstić information content (AvgIpc) is 2.46. The van der Waals surface area contributed by atoms with Gasteiger partial charge in [0.15, 0.2) is 0 Å². The van der Waals surface area contributed by atoms with Gasteiger partial charge in [-0.05, 0) is 31.4 Å². The van der Waals surface area contributed by atoms with Crippen molar-refractivity contribution < 1.29 is 14.3 Å². The fraction of sp³-hybridized carbons (Fsp3) is 0.462. The maximum atomic E-state index is 12.4. The first-order chi connectivity index (χ1) is 9.15. The van der Waals surface area contributed by atoms with Crippen LogP contribution in [0, 0.1) is 0 Å². The van der Waals surface area contributed by atoms with Gasteiger partial charge in [-0.2, -0.15) is 0 Å². The number of hydrogen-bond acceptors (Lipinski definition) is 4. The molecule has 0 bridgehead atoms. The molecule has 0 saturated carbocycles. The maximum absolute atomic E-state index is 12.4. The summed E-state index contributed by atoms with van der Waals surface area (Å²) in [6.45, 7) is 0.532. The van der Waals surface area contributed by atoms with Gasteiger partial charge >= 0.3 is 5.97 Å². The summed E-state index contributed by atoms with van der Waals surface area (Å²) in [5, 5.41) is 0.154. The van der Waals surface area contributed by atoms with Gasteiger partial charge in [-0.25, -0.2) is 9.78 Å². The molecule has 1 aromatic heterocycles. The van der Waals surface area contributed by atoms with Gasteiger partial charge in [-0.15, -0.1) is 0 Å². The van der Waals surface area contributed by atoms with E-state index < -0.39 is 6.04 Å². The molecule has 0 radical (unpaired) electrons. The van der Waals surface area contributed by atoms with E-state index in [1.807, 2.05) is 0 Å². The Bertz CT molecular complexity index is 493. The number of rotatable bonds is 2. The van der Waals surface area contributed by atoms with Gasteiger partial charge in [-0.3, -0.25) is 4.79 Å². The monoisotopic (exact) mass is 282 g/mol. The lowest BCUT2D eigenvalue weighted by Crippen LogP contribution is -2.48. The fourth-order valence-corrected chi connectivity index (χ4v) is 2.46. The largest absolute Gasteiger partial charge is 0.467 e. The molecule has 2 heterocycles. The molecule has 1 atom stereocenters. The second-order valence-corrected chi connectivity index (χ2v) is 4.73. The van der Waals surface area contributed by atoms with Crippen molar-refractivity contribution in [3.8, 4) is 0 Å². The summed E-state index contributed by atoms with van der Waals surface area (Å²) in [5.74, 6) is -0.652. The van der Waals surface area contributed by atoms with Crippen molar-refractivity contribution in [1.29, 1.82) is 0 Å². The number of nitrogens with zero attached hydrogens (tertiary/aromatic N) is 2. The Labute approximate surface area is 116 Å². The molecular weight excluding hydrogens is 268 g/mol. The summed E-state index contributed by atoms with van der Waals surface area (Å²) in [6.07, 6.45) is 3.92. The Morgan fingerprint density at radius 3 is 2.95 bits per heavy atom. The standard InChI is InChI=1S/C13H15ClN2O3/c1-19-13(18)10-6-2-3-8-16(10)12(17)9-5-4-7-15-11(9)14/h4-5,7,10H,2-3,6,8H2,1H3/t10-/m1/s1. The Kier molecular flexibility index (Phi) is 4.37. The number of amides is 1. The van der Waals surface area contributed by atoms with Crippen LogP contribution in [0.4, 0.5) is 0 Å². The zero-order valence-corrected chi connectivity index (χ0v) is 11.4. The van der Waals surface area contributed by atoms with E-state index in [1.54, 1.807) is 12.1 Å². The third-order valence-corrected chi connectivity index (χ3v) is 3.53. The number of halogens is 1. The highest BCUT2D eigenvalue weighted by Crippen LogP contribution is 2.22. The summed E-state index contributed by atoms with van der Waals surface area (Å²) < 4.78 is 4.75. The molecule has 0 aromatic carbocycles. The molecule has 1 amide bonds. The molecule has 1 aliphatic heterocycles. The number of carbonyl (C=O) groups is 2. The average molecular weight is 283 g/mol. The predicted molar refractivity (Wildman–Crippen MR) is 69.9 cm³/mol. The summed E-state index contributed by atoms with van der Waals surface area (Å²) >= 11 is 5.92. The van der Waals surface area contributed by atoms with Crippen molar-refractivity contribution in [2.45, 2.75) is 25.3 Å². The van der Waals surface area contributed by atoms with Crippen molar-refractivity contribution in [3.63, 3.8) is 0 Å². The lowest BCUT2D eigenvalue weighted by Gasteiger charge is -2.33. The van der Waals surface area contributed by atoms with Crippen LogP contribution in [0.2, 0.25) is 5.15 Å². The van der Waals surface area contributed by atoms with Crippen molar-refractivity contribution in [2.24, 2.45) is 0 Å². The molecular formula is C13H15ClN2O3. The number of pyridine rings is 1. The number of ether oxygens (including phenoxy) is 1. The summed E-state index contributed by atoms with van der Waals surface area (Å²) in [4.78, 5) is 29.6. The van der Waals surface area contributed by atoms with Crippen LogP contribution in [-0.2, 0) is 9.53 Å². The third-order valence-electron chi connectivity index (χ3n) is 3.23. The SMILES string of the molecule is COC(=O)[C@H]1CCCCN1C(=O)c1cccnc1Cl. The van der Waals surface area contributed by atoms with Crippen molar-refractivity contribution >= 4 is 23.5 Å². The molecule has 5 nitrogen and oxygen atoms in total. The number of aromatic nitrogens is 1. The summed E-state index contributed by atoms with van der Waals surface area (Å²) in [6, 6.07) is 2.74. The molecule has 0 N–H and O–H groups in total. The smallest absolute Gasteiger partial charge is 0.328 e. The van der Waals surface area contributed by atoms with Gasteiger partial charge in [-0.1, -0.05) is 11.6 Å². The van der Waals surface area contributed by atoms with E-state index in [1.165, 1.54) is 18.2 Å². The predicted octanol–water partition coefficient (Wildman–Crippen LogP) is 1.90. The summed E-state index contributed by atoms with van der Waals surface area (Å²) in [7, 11) is 1.33. The van der Waals surface area contributed by atoms with E-state index in [4.69, 9.17) is 16.3 Å². The van der Waals surface area contributed by atoms with Crippen LogP contribution in [0.3, 0.4) is 0 Å². The Hall–Kier alpha value is -1.62. The Morgan fingerprint density at radius 1 is 1.47 bits per heavy atom. The van der Waals surface area contributed by atoms with Crippen LogP contribution in [0.1, 0.15) is 29.6 Å². The minimum absolute atomic E-state index is 0.154. The molecule has 1 aliphatic rings. The molecule has 0 unspecified atom stereocenters. The maximum Gasteiger partial charge on any atom is 0.328 e. The van der Waals surface area contributed by atoms with Gasteiger partial charge in [0.25, 0.3) is 5.91 Å². The molecule has 1 saturated heterocycles. The zero-order valence-electron chi connectivity index (χ0n) is 10.6. The van der Waals surface area contributed by atoms with E-state index in [0.717, 1.165) is 12.8 Å². The number of piperidine rings is 1. The first-order valence-corrected chi connectivity index (χ1v) is 6.52. The highest BCUT2D eigenvalue weighted by molar-refractivity contribution is 6.32. The molecule has 1 fully saturated rings. The Balaban J connectivity index is 2.25. The highest BCUT2D eigenvalue weighted by atomic mass is 35.5. The van der Waals surface area contributed by atoms with Crippen LogP contribution in [0.25, 0.3) is 0 Å².